The molecule has 16 heteroatoms. The number of carbonyl (C=O) groups excluding carboxylic acids is 4. The maximum atomic E-state index is 15.0. The zero-order valence-electron chi connectivity index (χ0n) is 35.4. The van der Waals surface area contributed by atoms with Gasteiger partial charge in [0.05, 0.1) is 50.6 Å². The fraction of sp³-hybridized carbons (Fsp3) is 0.319. The van der Waals surface area contributed by atoms with Crippen molar-refractivity contribution in [3.63, 3.8) is 0 Å². The predicted molar refractivity (Wildman–Crippen MR) is 233 cm³/mol. The summed E-state index contributed by atoms with van der Waals surface area (Å²) < 4.78 is 39.3. The SMILES string of the molecule is COC(=O)NC(C(=O)NCC(F)(F)CCc1ncc(-c2ccc(-c3ccc4cc(-c5cnc(C6CCCN6C(=O)C(NC(=O)OC)C(C)C)[nH]5)ccc4c3)cc2)[nH]1)c1ccccc1. The molecule has 14 nitrogen and oxygen atoms in total. The number of likely N-dealkylation sites (tertiary alicyclic amines) is 1. The number of benzene rings is 4. The highest BCUT2D eigenvalue weighted by Crippen LogP contribution is 2.34. The number of ether oxygens (including phenoxy) is 2. The van der Waals surface area contributed by atoms with Crippen LogP contribution in [-0.4, -0.2) is 88.1 Å². The summed E-state index contributed by atoms with van der Waals surface area (Å²) in [5.41, 5.74) is 5.76. The Balaban J connectivity index is 0.951. The van der Waals surface area contributed by atoms with Gasteiger partial charge in [-0.1, -0.05) is 92.7 Å². The number of rotatable bonds is 15. The number of nitrogens with zero attached hydrogens (tertiary/aromatic N) is 3. The number of fused-ring (bicyclic) bond motifs is 1. The number of aromatic nitrogens is 4. The Labute approximate surface area is 363 Å². The molecule has 1 fully saturated rings. The average Bonchev–Trinajstić information content (AvgIpc) is 4.10. The fourth-order valence-corrected chi connectivity index (χ4v) is 7.75. The molecule has 5 N–H and O–H groups in total. The van der Waals surface area contributed by atoms with Gasteiger partial charge in [-0.05, 0) is 63.9 Å². The van der Waals surface area contributed by atoms with Crippen LogP contribution in [0.2, 0.25) is 0 Å². The van der Waals surface area contributed by atoms with Crippen LogP contribution >= 0.6 is 0 Å². The predicted octanol–water partition coefficient (Wildman–Crippen LogP) is 8.11. The number of alkyl carbamates (subject to hydrolysis) is 2. The van der Waals surface area contributed by atoms with Gasteiger partial charge in [-0.2, -0.15) is 0 Å². The monoisotopic (exact) mass is 860 g/mol. The van der Waals surface area contributed by atoms with E-state index in [0.29, 0.717) is 29.5 Å². The average molecular weight is 861 g/mol. The van der Waals surface area contributed by atoms with Gasteiger partial charge in [0.15, 0.2) is 0 Å². The Bertz CT molecular complexity index is 2560. The number of halogens is 2. The Hall–Kier alpha value is -7.10. The molecule has 0 radical (unpaired) electrons. The molecule has 0 spiro atoms. The number of alkyl halides is 2. The maximum absolute atomic E-state index is 15.0. The molecule has 6 aromatic rings. The summed E-state index contributed by atoms with van der Waals surface area (Å²) in [4.78, 5) is 67.6. The molecule has 0 saturated carbocycles. The number of nitrogens with one attached hydrogen (secondary N) is 5. The summed E-state index contributed by atoms with van der Waals surface area (Å²) in [6, 6.07) is 26.5. The molecule has 1 aliphatic heterocycles. The van der Waals surface area contributed by atoms with Gasteiger partial charge >= 0.3 is 12.2 Å². The van der Waals surface area contributed by atoms with Crippen LogP contribution in [0, 0.1) is 5.92 Å². The Morgan fingerprint density at radius 2 is 1.41 bits per heavy atom. The lowest BCUT2D eigenvalue weighted by atomic mass is 9.98. The van der Waals surface area contributed by atoms with E-state index in [0.717, 1.165) is 58.7 Å². The van der Waals surface area contributed by atoms with Crippen LogP contribution in [0.5, 0.6) is 0 Å². The van der Waals surface area contributed by atoms with Crippen LogP contribution < -0.4 is 16.0 Å². The van der Waals surface area contributed by atoms with E-state index in [1.165, 1.54) is 7.11 Å². The van der Waals surface area contributed by atoms with Gasteiger partial charge in [0.1, 0.15) is 23.7 Å². The first-order valence-electron chi connectivity index (χ1n) is 20.8. The first-order valence-corrected chi connectivity index (χ1v) is 20.8. The molecule has 4 amide bonds. The van der Waals surface area contributed by atoms with Crippen molar-refractivity contribution in [2.24, 2.45) is 5.92 Å². The molecule has 3 atom stereocenters. The van der Waals surface area contributed by atoms with E-state index in [9.17, 15) is 28.0 Å². The zero-order chi connectivity index (χ0) is 44.7. The molecule has 63 heavy (non-hydrogen) atoms. The number of methoxy groups -OCH3 is 2. The molecule has 4 aromatic carbocycles. The minimum atomic E-state index is -3.24. The second-order valence-corrected chi connectivity index (χ2v) is 15.9. The highest BCUT2D eigenvalue weighted by atomic mass is 19.3. The van der Waals surface area contributed by atoms with Crippen LogP contribution in [0.15, 0.2) is 103 Å². The molecule has 2 aromatic heterocycles. The number of carbonyl (C=O) groups is 4. The van der Waals surface area contributed by atoms with Crippen molar-refractivity contribution in [2.45, 2.75) is 63.6 Å². The van der Waals surface area contributed by atoms with Crippen molar-refractivity contribution in [1.29, 1.82) is 0 Å². The van der Waals surface area contributed by atoms with Gasteiger partial charge in [-0.15, -0.1) is 0 Å². The van der Waals surface area contributed by atoms with Gasteiger partial charge in [0.2, 0.25) is 11.8 Å². The molecule has 3 heterocycles. The molecular weight excluding hydrogens is 811 g/mol. The van der Waals surface area contributed by atoms with Crippen LogP contribution in [0.25, 0.3) is 44.4 Å². The summed E-state index contributed by atoms with van der Waals surface area (Å²) in [6.45, 7) is 3.43. The second-order valence-electron chi connectivity index (χ2n) is 15.9. The lowest BCUT2D eigenvalue weighted by Gasteiger charge is -2.30. The van der Waals surface area contributed by atoms with Gasteiger partial charge in [-0.25, -0.2) is 28.3 Å². The third kappa shape index (κ3) is 10.5. The number of amides is 4. The van der Waals surface area contributed by atoms with Crippen molar-refractivity contribution < 1.29 is 37.4 Å². The number of imidazole rings is 2. The van der Waals surface area contributed by atoms with Crippen LogP contribution in [0.1, 0.15) is 62.4 Å². The lowest BCUT2D eigenvalue weighted by Crippen LogP contribution is -2.51. The largest absolute Gasteiger partial charge is 0.453 e. The van der Waals surface area contributed by atoms with Crippen LogP contribution in [0.4, 0.5) is 18.4 Å². The van der Waals surface area contributed by atoms with Gasteiger partial charge < -0.3 is 40.3 Å². The lowest BCUT2D eigenvalue weighted by molar-refractivity contribution is -0.135. The van der Waals surface area contributed by atoms with Gasteiger partial charge in [-0.3, -0.25) is 9.59 Å². The minimum Gasteiger partial charge on any atom is -0.453 e. The molecular formula is C47H50F2N8O6. The minimum absolute atomic E-state index is 0.0551. The van der Waals surface area contributed by atoms with E-state index < -0.39 is 49.1 Å². The van der Waals surface area contributed by atoms with Crippen molar-refractivity contribution in [3.05, 3.63) is 121 Å². The molecule has 1 aliphatic rings. The van der Waals surface area contributed by atoms with E-state index >= 15 is 0 Å². The Morgan fingerprint density at radius 3 is 2.11 bits per heavy atom. The summed E-state index contributed by atoms with van der Waals surface area (Å²) in [7, 11) is 2.43. The van der Waals surface area contributed by atoms with E-state index in [1.54, 1.807) is 47.6 Å². The summed E-state index contributed by atoms with van der Waals surface area (Å²) >= 11 is 0. The van der Waals surface area contributed by atoms with E-state index in [1.807, 2.05) is 44.2 Å². The molecule has 0 bridgehead atoms. The van der Waals surface area contributed by atoms with Crippen molar-refractivity contribution in [3.8, 4) is 33.6 Å². The first kappa shape index (κ1) is 44.0. The zero-order valence-corrected chi connectivity index (χ0v) is 35.4. The van der Waals surface area contributed by atoms with Crippen molar-refractivity contribution in [2.75, 3.05) is 27.3 Å². The Morgan fingerprint density at radius 1 is 0.794 bits per heavy atom. The van der Waals surface area contributed by atoms with Crippen molar-refractivity contribution in [1.82, 2.24) is 40.8 Å². The standard InChI is InChI=1S/C47H50F2N8O6/c1-28(2)40(55-45(60)62-3)44(59)57-22-8-11-38(57)42-51-26-37(54-42)35-19-18-33-23-32(16-17-34(33)24-35)29-12-14-30(15-13-29)36-25-50-39(53-36)20-21-47(48,49)27-52-43(58)41(56-46(61)63-4)31-9-6-5-7-10-31/h5-7,9-10,12-19,23-26,28,38,40-41H,8,11,20-22,27H2,1-4H3,(H,50,53)(H,51,54)(H,52,58)(H,55,60)(H,56,61). The molecule has 328 valence electrons. The number of hydrogen-bond donors (Lipinski definition) is 5. The number of aromatic amines is 2. The van der Waals surface area contributed by atoms with Gasteiger partial charge in [0.25, 0.3) is 5.92 Å². The number of H-pyrrole nitrogens is 2. The summed E-state index contributed by atoms with van der Waals surface area (Å²) in [5, 5.41) is 9.43. The third-order valence-corrected chi connectivity index (χ3v) is 11.2. The van der Waals surface area contributed by atoms with E-state index in [-0.39, 0.29) is 24.3 Å². The summed E-state index contributed by atoms with van der Waals surface area (Å²) in [5.74, 6) is -3.23. The highest BCUT2D eigenvalue weighted by molar-refractivity contribution is 5.91. The molecule has 7 rings (SSSR count). The van der Waals surface area contributed by atoms with Crippen LogP contribution in [-0.2, 0) is 25.5 Å². The normalized spacial score (nSPS) is 14.9. The van der Waals surface area contributed by atoms with E-state index in [4.69, 9.17) is 4.74 Å². The Kier molecular flexibility index (Phi) is 13.5. The molecule has 1 saturated heterocycles. The summed E-state index contributed by atoms with van der Waals surface area (Å²) in [6.07, 6.45) is 2.87. The number of aryl methyl sites for hydroxylation is 1. The van der Waals surface area contributed by atoms with E-state index in [2.05, 4.69) is 71.0 Å². The highest BCUT2D eigenvalue weighted by Gasteiger charge is 2.38. The fourth-order valence-electron chi connectivity index (χ4n) is 7.75. The maximum Gasteiger partial charge on any atom is 0.407 e. The smallest absolute Gasteiger partial charge is 0.407 e. The third-order valence-electron chi connectivity index (χ3n) is 11.2. The first-order chi connectivity index (χ1) is 30.3. The quantitative estimate of drug-likeness (QED) is 0.0686. The molecule has 3 unspecified atom stereocenters. The topological polar surface area (TPSA) is 183 Å². The van der Waals surface area contributed by atoms with Gasteiger partial charge in [0, 0.05) is 24.9 Å². The molecule has 0 aliphatic carbocycles. The van der Waals surface area contributed by atoms with Crippen LogP contribution in [0.3, 0.4) is 0 Å². The second kappa shape index (κ2) is 19.3. The van der Waals surface area contributed by atoms with Crippen molar-refractivity contribution >= 4 is 34.8 Å². The number of hydrogen-bond acceptors (Lipinski definition) is 8.